The van der Waals surface area contributed by atoms with E-state index >= 15 is 0 Å². The lowest BCUT2D eigenvalue weighted by Gasteiger charge is -2.39. The van der Waals surface area contributed by atoms with Crippen molar-refractivity contribution in [1.29, 1.82) is 0 Å². The highest BCUT2D eigenvalue weighted by atomic mass is 32.3. The van der Waals surface area contributed by atoms with E-state index in [4.69, 9.17) is 9.29 Å². The number of hydrogen-bond acceptors (Lipinski definition) is 11. The average molecular weight is 450 g/mol. The van der Waals surface area contributed by atoms with Gasteiger partial charge in [-0.05, 0) is 31.3 Å². The molecule has 5 atom stereocenters. The molecule has 13 heteroatoms. The van der Waals surface area contributed by atoms with E-state index in [0.29, 0.717) is 12.8 Å². The van der Waals surface area contributed by atoms with Gasteiger partial charge in [0.1, 0.15) is 34.9 Å². The van der Waals surface area contributed by atoms with Crippen molar-refractivity contribution < 1.29 is 42.4 Å². The van der Waals surface area contributed by atoms with E-state index in [1.807, 2.05) is 6.26 Å². The van der Waals surface area contributed by atoms with Gasteiger partial charge in [-0.3, -0.25) is 4.55 Å². The molecule has 0 amide bonds. The fraction of sp³-hybridized carbons (Fsp3) is 0.929. The summed E-state index contributed by atoms with van der Waals surface area (Å²) in [5.74, 6) is 1.05. The van der Waals surface area contributed by atoms with Crippen LogP contribution < -0.4 is 0 Å². The highest BCUT2D eigenvalue weighted by Gasteiger charge is 2.44. The number of unbranched alkanes of at least 4 members (excludes halogenated alkanes) is 3. The predicted octanol–water partition coefficient (Wildman–Crippen LogP) is -0.0341. The standard InChI is InChI=1S/C14H27NO9S3/c1-25-7-5-3-2-4-6-10(15-24-27(20,21)22)26-14-13(19)12(18)11(17)9(8-16)23-14/h9,11-14,16-19H,2-8H2,1H3,(H,20,21,22)/b15-10-/t9-,11-,12+,13-,14+/m1/s1. The van der Waals surface area contributed by atoms with Crippen LogP contribution >= 0.6 is 23.5 Å². The van der Waals surface area contributed by atoms with Crippen LogP contribution in [0.3, 0.4) is 0 Å². The maximum atomic E-state index is 10.8. The Morgan fingerprint density at radius 2 is 1.78 bits per heavy atom. The molecule has 1 aliphatic rings. The summed E-state index contributed by atoms with van der Waals surface area (Å²) in [5, 5.41) is 42.4. The van der Waals surface area contributed by atoms with Crippen LogP contribution in [-0.2, 0) is 19.4 Å². The quantitative estimate of drug-likeness (QED) is 0.0944. The Morgan fingerprint density at radius 3 is 2.37 bits per heavy atom. The van der Waals surface area contributed by atoms with Gasteiger partial charge in [-0.1, -0.05) is 29.8 Å². The molecule has 0 aromatic rings. The molecule has 0 aliphatic carbocycles. The summed E-state index contributed by atoms with van der Waals surface area (Å²) in [4.78, 5) is 0. The van der Waals surface area contributed by atoms with E-state index in [0.717, 1.165) is 36.8 Å². The number of nitrogens with zero attached hydrogens (tertiary/aromatic N) is 1. The minimum absolute atomic E-state index is 0.127. The molecule has 1 saturated heterocycles. The number of thioether (sulfide) groups is 2. The van der Waals surface area contributed by atoms with Gasteiger partial charge < -0.3 is 25.2 Å². The smallest absolute Gasteiger partial charge is 0.394 e. The van der Waals surface area contributed by atoms with Crippen molar-refractivity contribution in [2.45, 2.75) is 62.0 Å². The first-order valence-electron chi connectivity index (χ1n) is 8.38. The van der Waals surface area contributed by atoms with Crippen LogP contribution in [0.1, 0.15) is 32.1 Å². The van der Waals surface area contributed by atoms with E-state index in [1.165, 1.54) is 0 Å². The minimum Gasteiger partial charge on any atom is -0.394 e. The van der Waals surface area contributed by atoms with Crippen molar-refractivity contribution in [3.63, 3.8) is 0 Å². The zero-order chi connectivity index (χ0) is 20.4. The van der Waals surface area contributed by atoms with Gasteiger partial charge in [0.05, 0.1) is 6.61 Å². The van der Waals surface area contributed by atoms with Crippen molar-refractivity contribution in [2.75, 3.05) is 18.6 Å². The van der Waals surface area contributed by atoms with Crippen molar-refractivity contribution in [1.82, 2.24) is 0 Å². The van der Waals surface area contributed by atoms with Crippen LogP contribution in [0.2, 0.25) is 0 Å². The Kier molecular flexibility index (Phi) is 11.5. The third-order valence-corrected chi connectivity index (χ3v) is 5.96. The number of rotatable bonds is 11. The molecule has 0 saturated carbocycles. The second kappa shape index (κ2) is 12.4. The van der Waals surface area contributed by atoms with Crippen LogP contribution in [0.5, 0.6) is 0 Å². The second-order valence-corrected chi connectivity index (χ2v) is 9.12. The summed E-state index contributed by atoms with van der Waals surface area (Å²) in [6.07, 6.45) is 0.251. The highest BCUT2D eigenvalue weighted by molar-refractivity contribution is 8.14. The number of ether oxygens (including phenoxy) is 1. The molecule has 1 aliphatic heterocycles. The van der Waals surface area contributed by atoms with Crippen molar-refractivity contribution in [3.8, 4) is 0 Å². The fourth-order valence-corrected chi connectivity index (χ4v) is 4.22. The summed E-state index contributed by atoms with van der Waals surface area (Å²) in [6.45, 7) is -0.578. The van der Waals surface area contributed by atoms with Gasteiger partial charge in [0.15, 0.2) is 0 Å². The van der Waals surface area contributed by atoms with Gasteiger partial charge in [-0.2, -0.15) is 20.2 Å². The molecular formula is C14H27NO9S3. The Bertz CT molecular complexity index is 558. The molecule has 0 spiro atoms. The zero-order valence-corrected chi connectivity index (χ0v) is 17.3. The largest absolute Gasteiger partial charge is 0.466 e. The van der Waals surface area contributed by atoms with E-state index < -0.39 is 46.9 Å². The molecule has 27 heavy (non-hydrogen) atoms. The van der Waals surface area contributed by atoms with Crippen LogP contribution in [0, 0.1) is 0 Å². The Morgan fingerprint density at radius 1 is 1.11 bits per heavy atom. The number of oxime groups is 1. The van der Waals surface area contributed by atoms with Crippen LogP contribution in [0.25, 0.3) is 0 Å². The SMILES string of the molecule is CSCCCCCC/C(=N/OS(=O)(=O)O)S[C@@H]1O[C@H](CO)[C@@H](O)[C@H](O)[C@H]1O. The highest BCUT2D eigenvalue weighted by Crippen LogP contribution is 2.30. The molecular weight excluding hydrogens is 422 g/mol. The lowest BCUT2D eigenvalue weighted by Crippen LogP contribution is -2.57. The summed E-state index contributed by atoms with van der Waals surface area (Å²) in [6, 6.07) is 0. The summed E-state index contributed by atoms with van der Waals surface area (Å²) >= 11 is 2.55. The first-order valence-corrected chi connectivity index (χ1v) is 12.0. The van der Waals surface area contributed by atoms with Crippen LogP contribution in [-0.4, -0.2) is 86.9 Å². The molecule has 160 valence electrons. The van der Waals surface area contributed by atoms with Gasteiger partial charge in [0, 0.05) is 0 Å². The summed E-state index contributed by atoms with van der Waals surface area (Å²) < 4.78 is 39.6. The molecule has 10 nitrogen and oxygen atoms in total. The van der Waals surface area contributed by atoms with E-state index in [1.54, 1.807) is 11.8 Å². The van der Waals surface area contributed by atoms with Gasteiger partial charge >= 0.3 is 10.4 Å². The minimum atomic E-state index is -4.79. The van der Waals surface area contributed by atoms with Gasteiger partial charge in [-0.15, -0.1) is 0 Å². The maximum absolute atomic E-state index is 10.8. The van der Waals surface area contributed by atoms with Gasteiger partial charge in [0.2, 0.25) is 0 Å². The Balaban J connectivity index is 2.71. The number of hydrogen-bond donors (Lipinski definition) is 5. The third kappa shape index (κ3) is 9.28. The number of aliphatic hydroxyl groups excluding tert-OH is 4. The molecule has 0 radical (unpaired) electrons. The van der Waals surface area contributed by atoms with Gasteiger partial charge in [0.25, 0.3) is 0 Å². The Labute approximate surface area is 167 Å². The van der Waals surface area contributed by atoms with Crippen LogP contribution in [0.4, 0.5) is 0 Å². The normalized spacial score (nSPS) is 29.7. The lowest BCUT2D eigenvalue weighted by atomic mass is 10.0. The van der Waals surface area contributed by atoms with Gasteiger partial charge in [-0.25, -0.2) is 4.28 Å². The molecule has 1 fully saturated rings. The zero-order valence-electron chi connectivity index (χ0n) is 14.9. The monoisotopic (exact) mass is 449 g/mol. The topological polar surface area (TPSA) is 166 Å². The molecule has 0 aromatic heterocycles. The first kappa shape index (κ1) is 24.9. The first-order chi connectivity index (χ1) is 12.7. The van der Waals surface area contributed by atoms with Crippen molar-refractivity contribution in [3.05, 3.63) is 0 Å². The lowest BCUT2D eigenvalue weighted by molar-refractivity contribution is -0.205. The second-order valence-electron chi connectivity index (χ2n) is 5.96. The average Bonchev–Trinajstić information content (AvgIpc) is 2.61. The third-order valence-electron chi connectivity index (χ3n) is 3.82. The van der Waals surface area contributed by atoms with E-state index in [9.17, 15) is 28.8 Å². The number of aliphatic hydroxyl groups is 4. The molecule has 5 N–H and O–H groups in total. The van der Waals surface area contributed by atoms with E-state index in [-0.39, 0.29) is 5.04 Å². The molecule has 0 bridgehead atoms. The molecule has 0 unspecified atom stereocenters. The summed E-state index contributed by atoms with van der Waals surface area (Å²) in [7, 11) is -4.79. The predicted molar refractivity (Wildman–Crippen MR) is 103 cm³/mol. The summed E-state index contributed by atoms with van der Waals surface area (Å²) in [5.41, 5.74) is -1.11. The van der Waals surface area contributed by atoms with E-state index in [2.05, 4.69) is 9.44 Å². The molecule has 1 heterocycles. The van der Waals surface area contributed by atoms with Crippen molar-refractivity contribution in [2.24, 2.45) is 5.16 Å². The molecule has 1 rings (SSSR count). The Hall–Kier alpha value is -0.120. The maximum Gasteiger partial charge on any atom is 0.466 e. The molecule has 0 aromatic carbocycles. The van der Waals surface area contributed by atoms with Crippen LogP contribution in [0.15, 0.2) is 5.16 Å². The van der Waals surface area contributed by atoms with Crippen molar-refractivity contribution >= 4 is 39.0 Å². The fourth-order valence-electron chi connectivity index (χ4n) is 2.39.